The van der Waals surface area contributed by atoms with Gasteiger partial charge in [0, 0.05) is 5.56 Å². The second-order valence-corrected chi connectivity index (χ2v) is 5.41. The number of hydrogen-bond acceptors (Lipinski definition) is 4. The minimum Gasteiger partial charge on any atom is -0.389 e. The molecule has 0 aliphatic rings. The molecule has 0 saturated carbocycles. The van der Waals surface area contributed by atoms with E-state index in [9.17, 15) is 9.18 Å². The number of halogens is 1. The number of amides is 1. The van der Waals surface area contributed by atoms with Gasteiger partial charge in [0.2, 0.25) is 0 Å². The van der Waals surface area contributed by atoms with Gasteiger partial charge in [0.05, 0.1) is 5.69 Å². The largest absolute Gasteiger partial charge is 0.389 e. The summed E-state index contributed by atoms with van der Waals surface area (Å²) in [4.78, 5) is 16.2. The third kappa shape index (κ3) is 3.08. The summed E-state index contributed by atoms with van der Waals surface area (Å²) in [5, 5.41) is 3.72. The second kappa shape index (κ2) is 5.36. The van der Waals surface area contributed by atoms with E-state index in [4.69, 9.17) is 5.73 Å². The van der Waals surface area contributed by atoms with Crippen LogP contribution in [0.3, 0.4) is 0 Å². The number of rotatable bonds is 3. The number of hydrogen-bond donors (Lipinski definition) is 2. The van der Waals surface area contributed by atoms with E-state index >= 15 is 0 Å². The average Bonchev–Trinajstić information content (AvgIpc) is 2.71. The number of thiazole rings is 1. The van der Waals surface area contributed by atoms with Crippen molar-refractivity contribution in [3.8, 4) is 0 Å². The van der Waals surface area contributed by atoms with Crippen LogP contribution in [0.4, 0.5) is 14.5 Å². The summed E-state index contributed by atoms with van der Waals surface area (Å²) >= 11 is 1.23. The van der Waals surface area contributed by atoms with E-state index in [0.29, 0.717) is 15.7 Å². The predicted octanol–water partition coefficient (Wildman–Crippen LogP) is 3.24. The molecule has 1 aromatic carbocycles. The quantitative estimate of drug-likeness (QED) is 0.906. The molecule has 0 aliphatic carbocycles. The lowest BCUT2D eigenvalue weighted by Crippen LogP contribution is -2.11. The summed E-state index contributed by atoms with van der Waals surface area (Å²) in [5.41, 5.74) is 6.99. The Morgan fingerprint density at radius 1 is 1.37 bits per heavy atom. The van der Waals surface area contributed by atoms with Gasteiger partial charge in [-0.05, 0) is 30.2 Å². The van der Waals surface area contributed by atoms with E-state index in [1.165, 1.54) is 35.6 Å². The van der Waals surface area contributed by atoms with Gasteiger partial charge in [0.1, 0.15) is 10.8 Å². The van der Waals surface area contributed by atoms with E-state index < -0.39 is 0 Å². The fourth-order valence-electron chi connectivity index (χ4n) is 1.58. The Morgan fingerprint density at radius 2 is 2.00 bits per heavy atom. The summed E-state index contributed by atoms with van der Waals surface area (Å²) in [7, 11) is 0. The Kier molecular flexibility index (Phi) is 3.80. The van der Waals surface area contributed by atoms with Gasteiger partial charge < -0.3 is 5.73 Å². The third-order valence-corrected chi connectivity index (χ3v) is 3.37. The first kappa shape index (κ1) is 13.5. The molecule has 2 aromatic rings. The Morgan fingerprint density at radius 3 is 2.53 bits per heavy atom. The normalized spacial score (nSPS) is 10.7. The van der Waals surface area contributed by atoms with Gasteiger partial charge >= 0.3 is 0 Å². The third-order valence-electron chi connectivity index (χ3n) is 2.55. The molecule has 4 nitrogen and oxygen atoms in total. The zero-order valence-corrected chi connectivity index (χ0v) is 11.4. The summed E-state index contributed by atoms with van der Waals surface area (Å²) < 4.78 is 12.8. The lowest BCUT2D eigenvalue weighted by molar-refractivity contribution is 0.102. The molecular formula is C13H14FN3OS. The van der Waals surface area contributed by atoms with E-state index in [1.54, 1.807) is 0 Å². The molecule has 6 heteroatoms. The van der Waals surface area contributed by atoms with Gasteiger partial charge in [-0.1, -0.05) is 25.2 Å². The second-order valence-electron chi connectivity index (χ2n) is 4.38. The van der Waals surface area contributed by atoms with Crippen LogP contribution in [0.15, 0.2) is 24.3 Å². The maximum absolute atomic E-state index is 12.8. The number of nitrogens with one attached hydrogen (secondary N) is 1. The Labute approximate surface area is 114 Å². The van der Waals surface area contributed by atoms with Crippen molar-refractivity contribution < 1.29 is 9.18 Å². The van der Waals surface area contributed by atoms with Gasteiger partial charge in [-0.15, -0.1) is 0 Å². The molecule has 0 atom stereocenters. The molecule has 1 heterocycles. The van der Waals surface area contributed by atoms with Gasteiger partial charge in [-0.2, -0.15) is 0 Å². The topological polar surface area (TPSA) is 68.0 Å². The molecule has 0 fully saturated rings. The number of carbonyl (C=O) groups is 1. The van der Waals surface area contributed by atoms with Crippen molar-refractivity contribution in [2.75, 3.05) is 11.1 Å². The molecule has 0 saturated heterocycles. The number of nitrogens with two attached hydrogens (primary N) is 1. The Bertz CT molecular complexity index is 592. The van der Waals surface area contributed by atoms with Crippen LogP contribution >= 0.6 is 11.3 Å². The Hall–Kier alpha value is -1.95. The molecular weight excluding hydrogens is 265 g/mol. The molecule has 0 spiro atoms. The first-order valence-corrected chi connectivity index (χ1v) is 6.62. The maximum Gasteiger partial charge on any atom is 0.257 e. The average molecular weight is 279 g/mol. The van der Waals surface area contributed by atoms with Crippen molar-refractivity contribution in [1.29, 1.82) is 0 Å². The van der Waals surface area contributed by atoms with Crippen molar-refractivity contribution in [2.45, 2.75) is 19.8 Å². The van der Waals surface area contributed by atoms with Crippen LogP contribution in [-0.4, -0.2) is 10.9 Å². The van der Waals surface area contributed by atoms with Crippen molar-refractivity contribution in [1.82, 2.24) is 4.98 Å². The first-order valence-electron chi connectivity index (χ1n) is 5.80. The number of anilines is 2. The highest BCUT2D eigenvalue weighted by Crippen LogP contribution is 2.30. The number of nitrogen functional groups attached to an aromatic ring is 1. The van der Waals surface area contributed by atoms with Gasteiger partial charge in [-0.3, -0.25) is 10.1 Å². The monoisotopic (exact) mass is 279 g/mol. The molecule has 1 amide bonds. The fraction of sp³-hybridized carbons (Fsp3) is 0.231. The van der Waals surface area contributed by atoms with Crippen LogP contribution in [0.1, 0.15) is 35.8 Å². The summed E-state index contributed by atoms with van der Waals surface area (Å²) in [6.45, 7) is 3.97. The molecule has 0 unspecified atom stereocenters. The van der Waals surface area contributed by atoms with Crippen molar-refractivity contribution in [2.24, 2.45) is 0 Å². The lowest BCUT2D eigenvalue weighted by Gasteiger charge is -2.01. The van der Waals surface area contributed by atoms with Crippen LogP contribution in [0.5, 0.6) is 0 Å². The number of aromatic nitrogens is 1. The van der Waals surface area contributed by atoms with Gasteiger partial charge in [-0.25, -0.2) is 9.37 Å². The molecule has 2 rings (SSSR count). The zero-order chi connectivity index (χ0) is 14.0. The molecule has 0 aliphatic heterocycles. The van der Waals surface area contributed by atoms with Crippen molar-refractivity contribution in [3.05, 3.63) is 41.3 Å². The molecule has 0 bridgehead atoms. The highest BCUT2D eigenvalue weighted by Gasteiger charge is 2.14. The minimum absolute atomic E-state index is 0.202. The minimum atomic E-state index is -0.378. The highest BCUT2D eigenvalue weighted by atomic mass is 32.1. The van der Waals surface area contributed by atoms with E-state index in [-0.39, 0.29) is 17.6 Å². The number of carbonyl (C=O) groups excluding carboxylic acids is 1. The smallest absolute Gasteiger partial charge is 0.257 e. The van der Waals surface area contributed by atoms with Gasteiger partial charge in [0.25, 0.3) is 5.91 Å². The van der Waals surface area contributed by atoms with Crippen LogP contribution in [0.2, 0.25) is 0 Å². The summed E-state index contributed by atoms with van der Waals surface area (Å²) in [5.74, 6) is -0.506. The van der Waals surface area contributed by atoms with E-state index in [1.807, 2.05) is 13.8 Å². The Balaban J connectivity index is 2.15. The lowest BCUT2D eigenvalue weighted by atomic mass is 10.1. The van der Waals surface area contributed by atoms with Crippen molar-refractivity contribution in [3.63, 3.8) is 0 Å². The molecule has 0 radical (unpaired) electrons. The number of benzene rings is 1. The van der Waals surface area contributed by atoms with Crippen LogP contribution in [0.25, 0.3) is 0 Å². The number of nitrogens with zero attached hydrogens (tertiary/aromatic N) is 1. The highest BCUT2D eigenvalue weighted by molar-refractivity contribution is 7.19. The predicted molar refractivity (Wildman–Crippen MR) is 75.0 cm³/mol. The SMILES string of the molecule is CC(C)c1nc(NC(=O)c2ccc(F)cc2)sc1N. The van der Waals surface area contributed by atoms with Gasteiger partial charge in [0.15, 0.2) is 5.13 Å². The molecule has 3 N–H and O–H groups in total. The first-order chi connectivity index (χ1) is 8.97. The summed E-state index contributed by atoms with van der Waals surface area (Å²) in [6.07, 6.45) is 0. The van der Waals surface area contributed by atoms with Crippen molar-refractivity contribution >= 4 is 27.4 Å². The van der Waals surface area contributed by atoms with Crippen LogP contribution in [-0.2, 0) is 0 Å². The van der Waals surface area contributed by atoms with Crippen LogP contribution < -0.4 is 11.1 Å². The molecule has 1 aromatic heterocycles. The molecule has 100 valence electrons. The molecule has 19 heavy (non-hydrogen) atoms. The van der Waals surface area contributed by atoms with E-state index in [2.05, 4.69) is 10.3 Å². The standard InChI is InChI=1S/C13H14FN3OS/c1-7(2)10-11(15)19-13(16-10)17-12(18)8-3-5-9(14)6-4-8/h3-7H,15H2,1-2H3,(H,16,17,18). The van der Waals surface area contributed by atoms with Crippen LogP contribution in [0, 0.1) is 5.82 Å². The van der Waals surface area contributed by atoms with E-state index in [0.717, 1.165) is 5.69 Å². The fourth-order valence-corrected chi connectivity index (χ4v) is 2.46. The maximum atomic E-state index is 12.8. The summed E-state index contributed by atoms with van der Waals surface area (Å²) in [6, 6.07) is 5.32. The zero-order valence-electron chi connectivity index (χ0n) is 10.6.